The number of aromatic nitrogens is 2. The largest absolute Gasteiger partial charge is 0.489 e. The minimum atomic E-state index is -0.109. The number of benzene rings is 1. The molecule has 0 bridgehead atoms. The molecule has 7 heteroatoms. The standard InChI is InChI=1S/C17H16N4O2S/c1-11(2)23-15-4-3-12(9-18)7-14(15)19-10-13-8-16(22)21-5-6-24-17(21)20-13/h3-8,11,19H,10H2,1-2H3. The third-order valence-electron chi connectivity index (χ3n) is 3.29. The van der Waals surface area contributed by atoms with Crippen LogP contribution in [0.3, 0.4) is 0 Å². The number of anilines is 1. The van der Waals surface area contributed by atoms with E-state index in [1.807, 2.05) is 19.2 Å². The van der Waals surface area contributed by atoms with Crippen molar-refractivity contribution in [3.63, 3.8) is 0 Å². The molecule has 0 aliphatic heterocycles. The Labute approximate surface area is 143 Å². The Hall–Kier alpha value is -2.85. The van der Waals surface area contributed by atoms with E-state index in [9.17, 15) is 4.79 Å². The van der Waals surface area contributed by atoms with Gasteiger partial charge in [0.1, 0.15) is 5.75 Å². The molecule has 0 saturated heterocycles. The average molecular weight is 340 g/mol. The first kappa shape index (κ1) is 16.0. The number of nitrogens with zero attached hydrogens (tertiary/aromatic N) is 3. The number of ether oxygens (including phenoxy) is 1. The summed E-state index contributed by atoms with van der Waals surface area (Å²) >= 11 is 1.41. The monoisotopic (exact) mass is 340 g/mol. The maximum atomic E-state index is 12.0. The van der Waals surface area contributed by atoms with E-state index in [4.69, 9.17) is 10.00 Å². The van der Waals surface area contributed by atoms with Crippen LogP contribution in [0.4, 0.5) is 5.69 Å². The van der Waals surface area contributed by atoms with Crippen molar-refractivity contribution in [2.24, 2.45) is 0 Å². The van der Waals surface area contributed by atoms with Crippen LogP contribution in [0.1, 0.15) is 25.1 Å². The van der Waals surface area contributed by atoms with E-state index in [1.165, 1.54) is 21.8 Å². The number of nitrogens with one attached hydrogen (secondary N) is 1. The summed E-state index contributed by atoms with van der Waals surface area (Å²) in [4.78, 5) is 17.1. The molecule has 0 saturated carbocycles. The molecule has 0 unspecified atom stereocenters. The SMILES string of the molecule is CC(C)Oc1ccc(C#N)cc1NCc1cc(=O)n2ccsc2n1. The van der Waals surface area contributed by atoms with Crippen LogP contribution in [0.15, 0.2) is 40.6 Å². The summed E-state index contributed by atoms with van der Waals surface area (Å²) in [7, 11) is 0. The molecular formula is C17H16N4O2S. The van der Waals surface area contributed by atoms with E-state index < -0.39 is 0 Å². The first-order valence-electron chi connectivity index (χ1n) is 7.47. The summed E-state index contributed by atoms with van der Waals surface area (Å²) in [6, 6.07) is 8.83. The lowest BCUT2D eigenvalue weighted by Crippen LogP contribution is -2.15. The average Bonchev–Trinajstić information content (AvgIpc) is 3.02. The summed E-state index contributed by atoms with van der Waals surface area (Å²) in [5.41, 5.74) is 1.77. The van der Waals surface area contributed by atoms with Gasteiger partial charge in [0.25, 0.3) is 5.56 Å². The van der Waals surface area contributed by atoms with Gasteiger partial charge in [0.15, 0.2) is 4.96 Å². The Kier molecular flexibility index (Phi) is 4.49. The Balaban J connectivity index is 1.86. The fourth-order valence-electron chi connectivity index (χ4n) is 2.26. The topological polar surface area (TPSA) is 79.4 Å². The molecule has 0 radical (unpaired) electrons. The van der Waals surface area contributed by atoms with E-state index in [0.717, 1.165) is 0 Å². The number of hydrogen-bond donors (Lipinski definition) is 1. The van der Waals surface area contributed by atoms with Gasteiger partial charge in [-0.05, 0) is 32.0 Å². The van der Waals surface area contributed by atoms with Crippen LogP contribution in [0.2, 0.25) is 0 Å². The highest BCUT2D eigenvalue weighted by atomic mass is 32.1. The molecule has 1 N–H and O–H groups in total. The van der Waals surface area contributed by atoms with Crippen molar-refractivity contribution in [2.75, 3.05) is 5.32 Å². The zero-order chi connectivity index (χ0) is 17.1. The van der Waals surface area contributed by atoms with Crippen molar-refractivity contribution in [3.05, 3.63) is 57.5 Å². The van der Waals surface area contributed by atoms with Crippen molar-refractivity contribution >= 4 is 22.0 Å². The third-order valence-corrected chi connectivity index (χ3v) is 4.04. The zero-order valence-electron chi connectivity index (χ0n) is 13.3. The highest BCUT2D eigenvalue weighted by molar-refractivity contribution is 7.15. The minimum Gasteiger partial charge on any atom is -0.489 e. The molecule has 0 aliphatic carbocycles. The Morgan fingerprint density at radius 2 is 2.25 bits per heavy atom. The molecule has 0 amide bonds. The van der Waals surface area contributed by atoms with Crippen LogP contribution in [0.5, 0.6) is 5.75 Å². The summed E-state index contributed by atoms with van der Waals surface area (Å²) in [5, 5.41) is 14.1. The second-order valence-electron chi connectivity index (χ2n) is 5.48. The van der Waals surface area contributed by atoms with E-state index >= 15 is 0 Å². The molecule has 0 spiro atoms. The van der Waals surface area contributed by atoms with Gasteiger partial charge >= 0.3 is 0 Å². The molecule has 1 aromatic carbocycles. The van der Waals surface area contributed by atoms with Gasteiger partial charge in [-0.1, -0.05) is 0 Å². The fraction of sp³-hybridized carbons (Fsp3) is 0.235. The van der Waals surface area contributed by atoms with Gasteiger partial charge in [0.2, 0.25) is 0 Å². The van der Waals surface area contributed by atoms with Gasteiger partial charge in [0.05, 0.1) is 35.7 Å². The highest BCUT2D eigenvalue weighted by Crippen LogP contribution is 2.27. The quantitative estimate of drug-likeness (QED) is 0.772. The van der Waals surface area contributed by atoms with Gasteiger partial charge in [-0.2, -0.15) is 5.26 Å². The van der Waals surface area contributed by atoms with Crippen molar-refractivity contribution in [3.8, 4) is 11.8 Å². The van der Waals surface area contributed by atoms with Gasteiger partial charge in [-0.25, -0.2) is 4.98 Å². The van der Waals surface area contributed by atoms with Gasteiger partial charge in [-0.3, -0.25) is 9.20 Å². The fourth-order valence-corrected chi connectivity index (χ4v) is 3.00. The van der Waals surface area contributed by atoms with Crippen LogP contribution >= 0.6 is 11.3 Å². The van der Waals surface area contributed by atoms with Gasteiger partial charge < -0.3 is 10.1 Å². The molecule has 3 rings (SSSR count). The number of fused-ring (bicyclic) bond motifs is 1. The molecule has 122 valence electrons. The Morgan fingerprint density at radius 1 is 1.42 bits per heavy atom. The van der Waals surface area contributed by atoms with Crippen LogP contribution in [-0.2, 0) is 6.54 Å². The smallest absolute Gasteiger partial charge is 0.258 e. The van der Waals surface area contributed by atoms with Gasteiger partial charge in [-0.15, -0.1) is 11.3 Å². The lowest BCUT2D eigenvalue weighted by Gasteiger charge is -2.15. The molecule has 6 nitrogen and oxygen atoms in total. The second-order valence-corrected chi connectivity index (χ2v) is 6.36. The van der Waals surface area contributed by atoms with Crippen molar-refractivity contribution in [1.29, 1.82) is 5.26 Å². The molecule has 0 fully saturated rings. The Morgan fingerprint density at radius 3 is 3.00 bits per heavy atom. The van der Waals surface area contributed by atoms with Crippen molar-refractivity contribution < 1.29 is 4.74 Å². The van der Waals surface area contributed by atoms with Gasteiger partial charge in [0, 0.05) is 17.6 Å². The number of nitriles is 1. The number of rotatable bonds is 5. The molecule has 0 aliphatic rings. The summed E-state index contributed by atoms with van der Waals surface area (Å²) in [5.74, 6) is 0.665. The highest BCUT2D eigenvalue weighted by Gasteiger charge is 2.09. The van der Waals surface area contributed by atoms with Crippen molar-refractivity contribution in [2.45, 2.75) is 26.5 Å². The molecule has 24 heavy (non-hydrogen) atoms. The van der Waals surface area contributed by atoms with Crippen LogP contribution in [0.25, 0.3) is 4.96 Å². The Bertz CT molecular complexity index is 969. The molecule has 0 atom stereocenters. The van der Waals surface area contributed by atoms with Crippen molar-refractivity contribution in [1.82, 2.24) is 9.38 Å². The summed E-state index contributed by atoms with van der Waals surface area (Å²) in [6.07, 6.45) is 1.72. The molecule has 2 heterocycles. The second kappa shape index (κ2) is 6.72. The normalized spacial score (nSPS) is 10.8. The first-order valence-corrected chi connectivity index (χ1v) is 8.35. The van der Waals surface area contributed by atoms with Crippen LogP contribution in [-0.4, -0.2) is 15.5 Å². The zero-order valence-corrected chi connectivity index (χ0v) is 14.1. The molecule has 3 aromatic rings. The van der Waals surface area contributed by atoms with E-state index in [-0.39, 0.29) is 11.7 Å². The summed E-state index contributed by atoms with van der Waals surface area (Å²) < 4.78 is 7.27. The van der Waals surface area contributed by atoms with Crippen LogP contribution < -0.4 is 15.6 Å². The maximum absolute atomic E-state index is 12.0. The molecular weight excluding hydrogens is 324 g/mol. The van der Waals surface area contributed by atoms with E-state index in [0.29, 0.717) is 34.2 Å². The maximum Gasteiger partial charge on any atom is 0.258 e. The minimum absolute atomic E-state index is 0.0173. The lowest BCUT2D eigenvalue weighted by atomic mass is 10.2. The predicted octanol–water partition coefficient (Wildman–Crippen LogP) is 3.03. The predicted molar refractivity (Wildman–Crippen MR) is 93.6 cm³/mol. The van der Waals surface area contributed by atoms with E-state index in [2.05, 4.69) is 16.4 Å². The lowest BCUT2D eigenvalue weighted by molar-refractivity contribution is 0.243. The third kappa shape index (κ3) is 3.39. The first-order chi connectivity index (χ1) is 11.6. The molecule has 2 aromatic heterocycles. The summed E-state index contributed by atoms with van der Waals surface area (Å²) in [6.45, 7) is 4.25. The number of thiazole rings is 1. The van der Waals surface area contributed by atoms with Crippen LogP contribution in [0, 0.1) is 11.3 Å². The van der Waals surface area contributed by atoms with E-state index in [1.54, 1.807) is 24.4 Å². The number of hydrogen-bond acceptors (Lipinski definition) is 6.